The average molecular weight is 355 g/mol. The summed E-state index contributed by atoms with van der Waals surface area (Å²) in [7, 11) is 0. The third-order valence-corrected chi connectivity index (χ3v) is 4.13. The van der Waals surface area contributed by atoms with Gasteiger partial charge in [-0.15, -0.1) is 0 Å². The van der Waals surface area contributed by atoms with Crippen LogP contribution in [0.3, 0.4) is 0 Å². The zero-order valence-corrected chi connectivity index (χ0v) is 15.7. The Kier molecular flexibility index (Phi) is 8.32. The first-order valence-electron chi connectivity index (χ1n) is 9.17. The molecule has 4 heteroatoms. The number of aryl methyl sites for hydroxylation is 2. The van der Waals surface area contributed by atoms with E-state index in [1.807, 2.05) is 30.3 Å². The van der Waals surface area contributed by atoms with Crippen LogP contribution in [-0.4, -0.2) is 36.4 Å². The van der Waals surface area contributed by atoms with Crippen molar-refractivity contribution in [3.8, 4) is 0 Å². The highest BCUT2D eigenvalue weighted by Crippen LogP contribution is 2.08. The van der Waals surface area contributed by atoms with Crippen LogP contribution in [0.1, 0.15) is 30.0 Å². The summed E-state index contributed by atoms with van der Waals surface area (Å²) in [6, 6.07) is 18.2. The van der Waals surface area contributed by atoms with Crippen LogP contribution in [0.2, 0.25) is 0 Å². The number of benzene rings is 2. The summed E-state index contributed by atoms with van der Waals surface area (Å²) in [5.74, 6) is 0.0200. The molecule has 0 unspecified atom stereocenters. The van der Waals surface area contributed by atoms with Crippen molar-refractivity contribution < 1.29 is 14.6 Å². The summed E-state index contributed by atoms with van der Waals surface area (Å²) in [6.45, 7) is 4.39. The van der Waals surface area contributed by atoms with E-state index in [1.54, 1.807) is 6.92 Å². The van der Waals surface area contributed by atoms with Crippen LogP contribution in [0.5, 0.6) is 0 Å². The zero-order chi connectivity index (χ0) is 18.8. The number of hydrogen-bond acceptors (Lipinski definition) is 3. The normalized spacial score (nSPS) is 13.2. The van der Waals surface area contributed by atoms with Crippen molar-refractivity contribution >= 4 is 5.91 Å². The Balaban J connectivity index is 1.88. The van der Waals surface area contributed by atoms with E-state index >= 15 is 0 Å². The molecule has 0 saturated carbocycles. The van der Waals surface area contributed by atoms with Crippen molar-refractivity contribution in [2.45, 2.75) is 45.3 Å². The van der Waals surface area contributed by atoms with Crippen molar-refractivity contribution in [1.29, 1.82) is 0 Å². The third-order valence-electron chi connectivity index (χ3n) is 4.13. The molecule has 0 heterocycles. The summed E-state index contributed by atoms with van der Waals surface area (Å²) in [6.07, 6.45) is 1.37. The first-order valence-corrected chi connectivity index (χ1v) is 9.17. The number of aliphatic hydroxyl groups is 1. The molecular weight excluding hydrogens is 326 g/mol. The van der Waals surface area contributed by atoms with Gasteiger partial charge in [-0.1, -0.05) is 60.2 Å². The number of aliphatic hydroxyl groups excluding tert-OH is 1. The Morgan fingerprint density at radius 2 is 1.73 bits per heavy atom. The molecule has 2 rings (SSSR count). The van der Waals surface area contributed by atoms with Crippen LogP contribution in [0.4, 0.5) is 0 Å². The molecular formula is C22H29NO3. The number of carbonyl (C=O) groups is 1. The van der Waals surface area contributed by atoms with Gasteiger partial charge < -0.3 is 15.2 Å². The predicted octanol–water partition coefficient (Wildman–Crippen LogP) is 3.05. The van der Waals surface area contributed by atoms with Crippen molar-refractivity contribution in [3.63, 3.8) is 0 Å². The van der Waals surface area contributed by atoms with E-state index in [0.717, 1.165) is 17.5 Å². The lowest BCUT2D eigenvalue weighted by Gasteiger charge is -2.20. The molecule has 140 valence electrons. The van der Waals surface area contributed by atoms with Gasteiger partial charge in [-0.25, -0.2) is 0 Å². The fourth-order valence-corrected chi connectivity index (χ4v) is 2.74. The standard InChI is InChI=1S/C22H29NO3/c1-17-8-10-20(11-9-17)14-21(16-26-15-18(2)24)23-22(25)13-12-19-6-4-3-5-7-19/h3-11,18,21,24H,12-16H2,1-2H3,(H,23,25)/t18-,21-/m0/s1. The highest BCUT2D eigenvalue weighted by Gasteiger charge is 2.14. The first kappa shape index (κ1) is 20.1. The van der Waals surface area contributed by atoms with Crippen molar-refractivity contribution in [3.05, 3.63) is 71.3 Å². The minimum absolute atomic E-state index is 0.0200. The summed E-state index contributed by atoms with van der Waals surface area (Å²) in [5.41, 5.74) is 3.52. The van der Waals surface area contributed by atoms with Gasteiger partial charge in [-0.2, -0.15) is 0 Å². The molecule has 0 bridgehead atoms. The highest BCUT2D eigenvalue weighted by molar-refractivity contribution is 5.76. The first-order chi connectivity index (χ1) is 12.5. The molecule has 1 amide bonds. The summed E-state index contributed by atoms with van der Waals surface area (Å²) >= 11 is 0. The van der Waals surface area contributed by atoms with E-state index in [9.17, 15) is 9.90 Å². The molecule has 0 aromatic heterocycles. The minimum atomic E-state index is -0.510. The van der Waals surface area contributed by atoms with E-state index in [-0.39, 0.29) is 18.6 Å². The lowest BCUT2D eigenvalue weighted by atomic mass is 10.0. The van der Waals surface area contributed by atoms with Crippen LogP contribution in [0, 0.1) is 6.92 Å². The molecule has 0 spiro atoms. The molecule has 0 aliphatic rings. The molecule has 2 N–H and O–H groups in total. The van der Waals surface area contributed by atoms with E-state index in [1.165, 1.54) is 5.56 Å². The fourth-order valence-electron chi connectivity index (χ4n) is 2.74. The number of amides is 1. The molecule has 0 radical (unpaired) electrons. The van der Waals surface area contributed by atoms with Gasteiger partial charge in [0, 0.05) is 6.42 Å². The van der Waals surface area contributed by atoms with Crippen LogP contribution in [-0.2, 0) is 22.4 Å². The quantitative estimate of drug-likeness (QED) is 0.689. The monoisotopic (exact) mass is 355 g/mol. The van der Waals surface area contributed by atoms with E-state index in [2.05, 4.69) is 36.5 Å². The van der Waals surface area contributed by atoms with Crippen LogP contribution < -0.4 is 5.32 Å². The van der Waals surface area contributed by atoms with Gasteiger partial charge in [0.25, 0.3) is 0 Å². The second kappa shape index (κ2) is 10.7. The summed E-state index contributed by atoms with van der Waals surface area (Å²) in [4.78, 5) is 12.4. The fraction of sp³-hybridized carbons (Fsp3) is 0.409. The smallest absolute Gasteiger partial charge is 0.220 e. The Bertz CT molecular complexity index is 653. The largest absolute Gasteiger partial charge is 0.391 e. The summed E-state index contributed by atoms with van der Waals surface area (Å²) in [5, 5.41) is 12.4. The van der Waals surface area contributed by atoms with Gasteiger partial charge >= 0.3 is 0 Å². The zero-order valence-electron chi connectivity index (χ0n) is 15.7. The van der Waals surface area contributed by atoms with Gasteiger partial charge in [0.1, 0.15) is 0 Å². The van der Waals surface area contributed by atoms with Gasteiger partial charge in [-0.3, -0.25) is 4.79 Å². The highest BCUT2D eigenvalue weighted by atomic mass is 16.5. The number of rotatable bonds is 10. The molecule has 26 heavy (non-hydrogen) atoms. The van der Waals surface area contributed by atoms with Gasteiger partial charge in [-0.05, 0) is 37.8 Å². The van der Waals surface area contributed by atoms with Gasteiger partial charge in [0.15, 0.2) is 0 Å². The number of hydrogen-bond donors (Lipinski definition) is 2. The minimum Gasteiger partial charge on any atom is -0.391 e. The molecule has 2 aromatic carbocycles. The maximum atomic E-state index is 12.4. The lowest BCUT2D eigenvalue weighted by molar-refractivity contribution is -0.122. The number of ether oxygens (including phenoxy) is 1. The third kappa shape index (κ3) is 7.81. The molecule has 0 fully saturated rings. The Hall–Kier alpha value is -2.17. The molecule has 0 saturated heterocycles. The topological polar surface area (TPSA) is 58.6 Å². The Morgan fingerprint density at radius 1 is 1.04 bits per heavy atom. The van der Waals surface area contributed by atoms with E-state index < -0.39 is 6.10 Å². The van der Waals surface area contributed by atoms with Gasteiger partial charge in [0.2, 0.25) is 5.91 Å². The van der Waals surface area contributed by atoms with Crippen molar-refractivity contribution in [1.82, 2.24) is 5.32 Å². The van der Waals surface area contributed by atoms with Gasteiger partial charge in [0.05, 0.1) is 25.4 Å². The Labute approximate surface area is 156 Å². The predicted molar refractivity (Wildman–Crippen MR) is 104 cm³/mol. The second-order valence-electron chi connectivity index (χ2n) is 6.83. The molecule has 0 aliphatic carbocycles. The summed E-state index contributed by atoms with van der Waals surface area (Å²) < 4.78 is 5.55. The number of carbonyl (C=O) groups excluding carboxylic acids is 1. The second-order valence-corrected chi connectivity index (χ2v) is 6.83. The van der Waals surface area contributed by atoms with E-state index in [4.69, 9.17) is 4.74 Å². The van der Waals surface area contributed by atoms with Crippen LogP contribution >= 0.6 is 0 Å². The van der Waals surface area contributed by atoms with Crippen molar-refractivity contribution in [2.75, 3.05) is 13.2 Å². The lowest BCUT2D eigenvalue weighted by Crippen LogP contribution is -2.40. The molecule has 2 aromatic rings. The average Bonchev–Trinajstić information content (AvgIpc) is 2.62. The Morgan fingerprint density at radius 3 is 2.38 bits per heavy atom. The maximum absolute atomic E-state index is 12.4. The molecule has 2 atom stereocenters. The van der Waals surface area contributed by atoms with E-state index in [0.29, 0.717) is 19.4 Å². The maximum Gasteiger partial charge on any atom is 0.220 e. The molecule has 0 aliphatic heterocycles. The van der Waals surface area contributed by atoms with Crippen molar-refractivity contribution in [2.24, 2.45) is 0 Å². The molecule has 4 nitrogen and oxygen atoms in total. The number of nitrogens with one attached hydrogen (secondary N) is 1. The SMILES string of the molecule is Cc1ccc(C[C@@H](COC[C@H](C)O)NC(=O)CCc2ccccc2)cc1. The van der Waals surface area contributed by atoms with Crippen LogP contribution in [0.25, 0.3) is 0 Å². The van der Waals surface area contributed by atoms with Crippen LogP contribution in [0.15, 0.2) is 54.6 Å².